The minimum Gasteiger partial charge on any atom is -0.462 e. The van der Waals surface area contributed by atoms with Gasteiger partial charge in [0.1, 0.15) is 16.3 Å². The number of ether oxygens (including phenoxy) is 1. The third-order valence-electron chi connectivity index (χ3n) is 3.67. The van der Waals surface area contributed by atoms with Crippen LogP contribution in [0.5, 0.6) is 0 Å². The van der Waals surface area contributed by atoms with Crippen LogP contribution in [0.25, 0.3) is 11.1 Å². The molecule has 1 amide bonds. The van der Waals surface area contributed by atoms with Crippen LogP contribution in [0, 0.1) is 6.92 Å². The van der Waals surface area contributed by atoms with Gasteiger partial charge in [-0.2, -0.15) is 0 Å². The van der Waals surface area contributed by atoms with E-state index in [-0.39, 0.29) is 22.9 Å². The van der Waals surface area contributed by atoms with Crippen molar-refractivity contribution in [1.82, 2.24) is 0 Å². The Morgan fingerprint density at radius 3 is 2.50 bits per heavy atom. The lowest BCUT2D eigenvalue weighted by Gasteiger charge is -2.09. The zero-order valence-corrected chi connectivity index (χ0v) is 17.8. The summed E-state index contributed by atoms with van der Waals surface area (Å²) in [5, 5.41) is 3.35. The molecule has 2 rings (SSSR count). The van der Waals surface area contributed by atoms with Gasteiger partial charge in [-0.15, -0.1) is 17.9 Å². The van der Waals surface area contributed by atoms with Crippen molar-refractivity contribution < 1.29 is 22.7 Å². The maximum absolute atomic E-state index is 12.6. The molecule has 0 fully saturated rings. The van der Waals surface area contributed by atoms with E-state index in [1.807, 2.05) is 0 Å². The molecule has 1 aromatic heterocycles. The molecule has 0 radical (unpaired) electrons. The van der Waals surface area contributed by atoms with Crippen molar-refractivity contribution >= 4 is 49.7 Å². The topological polar surface area (TPSA) is 89.5 Å². The number of hydrogen-bond donors (Lipinski definition) is 1. The third-order valence-corrected chi connectivity index (χ3v) is 6.39. The van der Waals surface area contributed by atoms with E-state index in [2.05, 4.69) is 11.9 Å². The number of sulfone groups is 1. The summed E-state index contributed by atoms with van der Waals surface area (Å²) in [6, 6.07) is 6.92. The van der Waals surface area contributed by atoms with Crippen molar-refractivity contribution in [3.05, 3.63) is 52.4 Å². The number of halogens is 1. The Bertz CT molecular complexity index is 994. The van der Waals surface area contributed by atoms with Crippen LogP contribution in [0.1, 0.15) is 22.2 Å². The monoisotopic (exact) mass is 441 g/mol. The maximum Gasteiger partial charge on any atom is 0.341 e. The fourth-order valence-electron chi connectivity index (χ4n) is 2.60. The third kappa shape index (κ3) is 5.43. The molecule has 6 nitrogen and oxygen atoms in total. The summed E-state index contributed by atoms with van der Waals surface area (Å²) in [7, 11) is -3.61. The molecule has 0 saturated heterocycles. The summed E-state index contributed by atoms with van der Waals surface area (Å²) < 4.78 is 28.8. The van der Waals surface area contributed by atoms with Gasteiger partial charge in [-0.1, -0.05) is 29.8 Å². The number of esters is 1. The van der Waals surface area contributed by atoms with Gasteiger partial charge >= 0.3 is 5.97 Å². The number of carbonyl (C=O) groups is 2. The summed E-state index contributed by atoms with van der Waals surface area (Å²) in [4.78, 5) is 25.6. The highest BCUT2D eigenvalue weighted by atomic mass is 35.5. The van der Waals surface area contributed by atoms with Gasteiger partial charge in [-0.25, -0.2) is 13.2 Å². The van der Waals surface area contributed by atoms with Crippen LogP contribution in [0.4, 0.5) is 5.00 Å². The van der Waals surface area contributed by atoms with Gasteiger partial charge in [0.25, 0.3) is 0 Å². The molecule has 0 aliphatic heterocycles. The average Bonchev–Trinajstić information content (AvgIpc) is 2.91. The highest BCUT2D eigenvalue weighted by Crippen LogP contribution is 2.40. The molecule has 0 spiro atoms. The fraction of sp³-hybridized carbons (Fsp3) is 0.263. The number of rotatable bonds is 8. The van der Waals surface area contributed by atoms with E-state index in [1.165, 1.54) is 17.4 Å². The highest BCUT2D eigenvalue weighted by Gasteiger charge is 2.26. The molecular weight excluding hydrogens is 422 g/mol. The standard InChI is InChI=1S/C19H20ClNO5S2/c1-4-10-28(24,25)11-15(22)21-18-17(19(23)26-5-2)16(12(3)27-18)13-6-8-14(20)9-7-13/h4,6-9H,1,5,10-11H2,2-3H3,(H,21,22). The highest BCUT2D eigenvalue weighted by molar-refractivity contribution is 7.92. The minimum absolute atomic E-state index is 0.162. The Labute approximate surface area is 173 Å². The minimum atomic E-state index is -3.61. The van der Waals surface area contributed by atoms with Crippen molar-refractivity contribution in [2.75, 3.05) is 23.4 Å². The summed E-state index contributed by atoms with van der Waals surface area (Å²) in [6.07, 6.45) is 1.22. The lowest BCUT2D eigenvalue weighted by Crippen LogP contribution is -2.24. The second-order valence-electron chi connectivity index (χ2n) is 5.86. The van der Waals surface area contributed by atoms with Crippen LogP contribution < -0.4 is 5.32 Å². The van der Waals surface area contributed by atoms with Crippen LogP contribution in [0.2, 0.25) is 5.02 Å². The number of carbonyl (C=O) groups excluding carboxylic acids is 2. The van der Waals surface area contributed by atoms with Gasteiger partial charge < -0.3 is 10.1 Å². The molecule has 0 atom stereocenters. The van der Waals surface area contributed by atoms with E-state index in [1.54, 1.807) is 38.1 Å². The summed E-state index contributed by atoms with van der Waals surface area (Å²) in [6.45, 7) is 7.02. The van der Waals surface area contributed by atoms with Gasteiger partial charge in [-0.05, 0) is 31.5 Å². The summed E-state index contributed by atoms with van der Waals surface area (Å²) in [5.74, 6) is -2.32. The summed E-state index contributed by atoms with van der Waals surface area (Å²) >= 11 is 7.12. The molecule has 1 heterocycles. The molecule has 0 bridgehead atoms. The van der Waals surface area contributed by atoms with Crippen LogP contribution in [-0.4, -0.2) is 38.4 Å². The Morgan fingerprint density at radius 1 is 1.29 bits per heavy atom. The van der Waals surface area contributed by atoms with Crippen LogP contribution >= 0.6 is 22.9 Å². The van der Waals surface area contributed by atoms with E-state index in [9.17, 15) is 18.0 Å². The Morgan fingerprint density at radius 2 is 1.93 bits per heavy atom. The van der Waals surface area contributed by atoms with Gasteiger partial charge in [0.05, 0.1) is 12.4 Å². The van der Waals surface area contributed by atoms with Crippen molar-refractivity contribution in [3.8, 4) is 11.1 Å². The van der Waals surface area contributed by atoms with E-state index >= 15 is 0 Å². The van der Waals surface area contributed by atoms with Crippen LogP contribution in [0.15, 0.2) is 36.9 Å². The molecule has 150 valence electrons. The lowest BCUT2D eigenvalue weighted by molar-refractivity contribution is -0.113. The van der Waals surface area contributed by atoms with Gasteiger partial charge in [0.15, 0.2) is 9.84 Å². The van der Waals surface area contributed by atoms with Crippen molar-refractivity contribution in [2.45, 2.75) is 13.8 Å². The molecule has 1 aromatic carbocycles. The molecule has 1 N–H and O–H groups in total. The van der Waals surface area contributed by atoms with Gasteiger partial charge in [-0.3, -0.25) is 4.79 Å². The first kappa shape index (κ1) is 22.1. The fourth-order valence-corrected chi connectivity index (χ4v) is 4.75. The molecule has 28 heavy (non-hydrogen) atoms. The largest absolute Gasteiger partial charge is 0.462 e. The van der Waals surface area contributed by atoms with Crippen molar-refractivity contribution in [2.24, 2.45) is 0 Å². The SMILES string of the molecule is C=CCS(=O)(=O)CC(=O)Nc1sc(C)c(-c2ccc(Cl)cc2)c1C(=O)OCC. The number of aryl methyl sites for hydroxylation is 1. The maximum atomic E-state index is 12.6. The Kier molecular flexibility index (Phi) is 7.40. The molecular formula is C19H20ClNO5S2. The van der Waals surface area contributed by atoms with Crippen LogP contribution in [-0.2, 0) is 19.4 Å². The first-order chi connectivity index (χ1) is 13.2. The van der Waals surface area contributed by atoms with E-state index in [4.69, 9.17) is 16.3 Å². The second-order valence-corrected chi connectivity index (χ2v) is 9.63. The van der Waals surface area contributed by atoms with E-state index < -0.39 is 27.5 Å². The quantitative estimate of drug-likeness (QED) is 0.492. The van der Waals surface area contributed by atoms with E-state index in [0.29, 0.717) is 10.6 Å². The first-order valence-electron chi connectivity index (χ1n) is 8.36. The Balaban J connectivity index is 2.45. The zero-order valence-electron chi connectivity index (χ0n) is 15.5. The van der Waals surface area contributed by atoms with E-state index in [0.717, 1.165) is 10.4 Å². The summed E-state index contributed by atoms with van der Waals surface area (Å²) in [5.41, 5.74) is 1.55. The number of hydrogen-bond acceptors (Lipinski definition) is 6. The van der Waals surface area contributed by atoms with Gasteiger partial charge in [0.2, 0.25) is 5.91 Å². The molecule has 9 heteroatoms. The number of benzene rings is 1. The lowest BCUT2D eigenvalue weighted by atomic mass is 10.0. The number of nitrogens with one attached hydrogen (secondary N) is 1. The average molecular weight is 442 g/mol. The molecule has 2 aromatic rings. The number of amides is 1. The Hall–Kier alpha value is -2.16. The second kappa shape index (κ2) is 9.36. The first-order valence-corrected chi connectivity index (χ1v) is 11.4. The predicted molar refractivity (Wildman–Crippen MR) is 113 cm³/mol. The van der Waals surface area contributed by atoms with Crippen molar-refractivity contribution in [1.29, 1.82) is 0 Å². The smallest absolute Gasteiger partial charge is 0.341 e. The van der Waals surface area contributed by atoms with Crippen LogP contribution in [0.3, 0.4) is 0 Å². The van der Waals surface area contributed by atoms with Gasteiger partial charge in [0, 0.05) is 15.5 Å². The molecule has 0 aliphatic rings. The molecule has 0 saturated carbocycles. The molecule has 0 aliphatic carbocycles. The zero-order chi connectivity index (χ0) is 20.9. The predicted octanol–water partition coefficient (Wildman–Crippen LogP) is 4.09. The normalized spacial score (nSPS) is 11.1. The van der Waals surface area contributed by atoms with Crippen molar-refractivity contribution in [3.63, 3.8) is 0 Å². The number of anilines is 1. The molecule has 0 unspecified atom stereocenters. The number of thiophene rings is 1.